The van der Waals surface area contributed by atoms with E-state index in [-0.39, 0.29) is 12.2 Å². The SMILES string of the molecule is Cc1cccc(C#Cc2cn(C3=CC(=C=O)N(CC(=O)O)C=C3)c(C)n2)c1. The summed E-state index contributed by atoms with van der Waals surface area (Å²) in [5, 5.41) is 8.91. The fraction of sp³-hybridized carbons (Fsp3) is 0.143. The molecule has 0 atom stereocenters. The van der Waals surface area contributed by atoms with Crippen LogP contribution in [0.1, 0.15) is 22.6 Å². The summed E-state index contributed by atoms with van der Waals surface area (Å²) >= 11 is 0. The zero-order valence-corrected chi connectivity index (χ0v) is 14.9. The summed E-state index contributed by atoms with van der Waals surface area (Å²) in [4.78, 5) is 27.8. The molecule has 1 aromatic heterocycles. The van der Waals surface area contributed by atoms with Crippen LogP contribution in [-0.4, -0.2) is 38.0 Å². The van der Waals surface area contributed by atoms with Crippen molar-refractivity contribution in [3.8, 4) is 11.8 Å². The van der Waals surface area contributed by atoms with Gasteiger partial charge in [-0.1, -0.05) is 18.1 Å². The Hall–Kier alpha value is -3.81. The highest BCUT2D eigenvalue weighted by Gasteiger charge is 2.16. The zero-order chi connectivity index (χ0) is 19.4. The van der Waals surface area contributed by atoms with Crippen LogP contribution in [0.3, 0.4) is 0 Å². The first-order chi connectivity index (χ1) is 13.0. The fourth-order valence-electron chi connectivity index (χ4n) is 2.69. The standard InChI is InChI=1S/C21H17N3O3/c1-15-4-3-5-17(10-15)6-7-18-12-24(16(2)22-18)19-8-9-23(13-21(26)27)20(11-19)14-25/h3-5,8-12H,13H2,1-2H3,(H,26,27). The Kier molecular flexibility index (Phi) is 5.07. The number of aryl methyl sites for hydroxylation is 2. The van der Waals surface area contributed by atoms with Crippen LogP contribution >= 0.6 is 0 Å². The minimum atomic E-state index is -1.03. The van der Waals surface area contributed by atoms with Gasteiger partial charge in [-0.05, 0) is 49.6 Å². The van der Waals surface area contributed by atoms with Gasteiger partial charge >= 0.3 is 5.97 Å². The number of nitrogens with zero attached hydrogens (tertiary/aromatic N) is 3. The maximum absolute atomic E-state index is 11.2. The van der Waals surface area contributed by atoms with Gasteiger partial charge in [0.2, 0.25) is 0 Å². The number of carbonyl (C=O) groups excluding carboxylic acids is 1. The molecule has 0 saturated carbocycles. The van der Waals surface area contributed by atoms with Gasteiger partial charge in [-0.25, -0.2) is 9.78 Å². The second-order valence-electron chi connectivity index (χ2n) is 6.06. The summed E-state index contributed by atoms with van der Waals surface area (Å²) < 4.78 is 1.80. The van der Waals surface area contributed by atoms with E-state index in [1.807, 2.05) is 38.1 Å². The molecule has 1 N–H and O–H groups in total. The predicted octanol–water partition coefficient (Wildman–Crippen LogP) is 2.37. The second kappa shape index (κ2) is 7.61. The molecule has 0 bridgehead atoms. The molecule has 0 aliphatic carbocycles. The van der Waals surface area contributed by atoms with Crippen molar-refractivity contribution in [2.45, 2.75) is 13.8 Å². The van der Waals surface area contributed by atoms with E-state index in [2.05, 4.69) is 16.8 Å². The number of carbonyl (C=O) groups is 1. The highest BCUT2D eigenvalue weighted by atomic mass is 16.4. The first-order valence-electron chi connectivity index (χ1n) is 8.25. The van der Waals surface area contributed by atoms with Gasteiger partial charge in [-0.15, -0.1) is 0 Å². The zero-order valence-electron chi connectivity index (χ0n) is 14.9. The second-order valence-corrected chi connectivity index (χ2v) is 6.06. The molecule has 2 heterocycles. The summed E-state index contributed by atoms with van der Waals surface area (Å²) in [5.41, 5.74) is 3.49. The molecule has 2 aromatic rings. The average Bonchev–Trinajstić information content (AvgIpc) is 3.01. The molecule has 0 unspecified atom stereocenters. The van der Waals surface area contributed by atoms with Crippen LogP contribution in [0, 0.1) is 25.7 Å². The topological polar surface area (TPSA) is 75.4 Å². The summed E-state index contributed by atoms with van der Waals surface area (Å²) in [6.45, 7) is 3.54. The Morgan fingerprint density at radius 3 is 2.78 bits per heavy atom. The lowest BCUT2D eigenvalue weighted by atomic mass is 10.1. The predicted molar refractivity (Wildman–Crippen MR) is 101 cm³/mol. The summed E-state index contributed by atoms with van der Waals surface area (Å²) in [6, 6.07) is 7.91. The van der Waals surface area contributed by atoms with Gasteiger partial charge < -0.3 is 14.6 Å². The Balaban J connectivity index is 1.87. The van der Waals surface area contributed by atoms with Gasteiger partial charge in [0, 0.05) is 18.0 Å². The van der Waals surface area contributed by atoms with Crippen molar-refractivity contribution < 1.29 is 14.7 Å². The van der Waals surface area contributed by atoms with Crippen LogP contribution in [0.4, 0.5) is 0 Å². The number of allylic oxidation sites excluding steroid dienone is 3. The number of rotatable bonds is 3. The largest absolute Gasteiger partial charge is 0.480 e. The van der Waals surface area contributed by atoms with Crippen molar-refractivity contribution >= 4 is 17.6 Å². The van der Waals surface area contributed by atoms with Gasteiger partial charge in [0.15, 0.2) is 5.94 Å². The molecule has 0 fully saturated rings. The minimum absolute atomic E-state index is 0.149. The normalized spacial score (nSPS) is 12.9. The number of imidazole rings is 1. The van der Waals surface area contributed by atoms with E-state index in [0.717, 1.165) is 11.1 Å². The van der Waals surface area contributed by atoms with E-state index in [4.69, 9.17) is 5.11 Å². The molecule has 134 valence electrons. The van der Waals surface area contributed by atoms with Gasteiger partial charge in [0.1, 0.15) is 23.8 Å². The van der Waals surface area contributed by atoms with E-state index in [9.17, 15) is 9.59 Å². The Morgan fingerprint density at radius 1 is 1.26 bits per heavy atom. The van der Waals surface area contributed by atoms with E-state index >= 15 is 0 Å². The third-order valence-electron chi connectivity index (χ3n) is 3.94. The van der Waals surface area contributed by atoms with E-state index in [1.54, 1.807) is 35.1 Å². The third kappa shape index (κ3) is 4.24. The summed E-state index contributed by atoms with van der Waals surface area (Å²) in [6.07, 6.45) is 6.61. The quantitative estimate of drug-likeness (QED) is 0.673. The third-order valence-corrected chi connectivity index (χ3v) is 3.94. The molecular weight excluding hydrogens is 342 g/mol. The van der Waals surface area contributed by atoms with Gasteiger partial charge in [0.05, 0.1) is 5.70 Å². The lowest BCUT2D eigenvalue weighted by molar-refractivity contribution is -0.137. The van der Waals surface area contributed by atoms with Crippen molar-refractivity contribution in [2.24, 2.45) is 0 Å². The molecule has 0 radical (unpaired) electrons. The molecule has 1 aliphatic heterocycles. The maximum atomic E-state index is 11.2. The molecule has 1 aromatic carbocycles. The van der Waals surface area contributed by atoms with E-state index in [1.165, 1.54) is 4.90 Å². The van der Waals surface area contributed by atoms with Crippen LogP contribution in [0.5, 0.6) is 0 Å². The van der Waals surface area contributed by atoms with Crippen molar-refractivity contribution in [3.05, 3.63) is 77.2 Å². The number of aromatic nitrogens is 2. The van der Waals surface area contributed by atoms with E-state index in [0.29, 0.717) is 17.2 Å². The van der Waals surface area contributed by atoms with Crippen LogP contribution < -0.4 is 0 Å². The minimum Gasteiger partial charge on any atom is -0.480 e. The number of benzene rings is 1. The summed E-state index contributed by atoms with van der Waals surface area (Å²) in [7, 11) is 0. The lowest BCUT2D eigenvalue weighted by Gasteiger charge is -2.21. The van der Waals surface area contributed by atoms with Gasteiger partial charge in [-0.3, -0.25) is 4.79 Å². The number of carboxylic acid groups (broad SMARTS) is 1. The van der Waals surface area contributed by atoms with E-state index < -0.39 is 5.97 Å². The molecule has 6 heteroatoms. The molecule has 6 nitrogen and oxygen atoms in total. The van der Waals surface area contributed by atoms with Crippen LogP contribution in [0.15, 0.2) is 54.5 Å². The number of hydrogen-bond donors (Lipinski definition) is 1. The molecular formula is C21H17N3O3. The average molecular weight is 359 g/mol. The van der Waals surface area contributed by atoms with Crippen molar-refractivity contribution in [3.63, 3.8) is 0 Å². The van der Waals surface area contributed by atoms with Gasteiger partial charge in [-0.2, -0.15) is 0 Å². The molecule has 1 aliphatic rings. The first-order valence-corrected chi connectivity index (χ1v) is 8.25. The smallest absolute Gasteiger partial charge is 0.323 e. The Bertz CT molecular complexity index is 1070. The molecule has 0 amide bonds. The van der Waals surface area contributed by atoms with Crippen molar-refractivity contribution in [1.29, 1.82) is 0 Å². The van der Waals surface area contributed by atoms with Crippen LogP contribution in [0.25, 0.3) is 5.70 Å². The van der Waals surface area contributed by atoms with Gasteiger partial charge in [0.25, 0.3) is 0 Å². The van der Waals surface area contributed by atoms with Crippen molar-refractivity contribution in [2.75, 3.05) is 6.54 Å². The number of hydrogen-bond acceptors (Lipinski definition) is 4. The highest BCUT2D eigenvalue weighted by molar-refractivity contribution is 5.75. The molecule has 0 spiro atoms. The number of aliphatic carboxylic acids is 1. The highest BCUT2D eigenvalue weighted by Crippen LogP contribution is 2.20. The number of carboxylic acids is 1. The monoisotopic (exact) mass is 359 g/mol. The van der Waals surface area contributed by atoms with Crippen LogP contribution in [0.2, 0.25) is 0 Å². The Morgan fingerprint density at radius 2 is 2.07 bits per heavy atom. The summed E-state index contributed by atoms with van der Waals surface area (Å²) in [5.74, 6) is 7.58. The van der Waals surface area contributed by atoms with Crippen LogP contribution in [-0.2, 0) is 9.59 Å². The maximum Gasteiger partial charge on any atom is 0.323 e. The molecule has 27 heavy (non-hydrogen) atoms. The fourth-order valence-corrected chi connectivity index (χ4v) is 2.69. The van der Waals surface area contributed by atoms with Crippen molar-refractivity contribution in [1.82, 2.24) is 14.5 Å². The Labute approximate surface area is 156 Å². The first kappa shape index (κ1) is 18.0. The molecule has 0 saturated heterocycles. The molecule has 3 rings (SSSR count). The lowest BCUT2D eigenvalue weighted by Crippen LogP contribution is -2.25.